The maximum atomic E-state index is 13.0. The van der Waals surface area contributed by atoms with Crippen LogP contribution in [0.15, 0.2) is 46.9 Å². The molecule has 2 rings (SSSR count). The second-order valence-electron chi connectivity index (χ2n) is 4.32. The zero-order valence-electron chi connectivity index (χ0n) is 10.5. The van der Waals surface area contributed by atoms with Crippen LogP contribution >= 0.6 is 15.9 Å². The summed E-state index contributed by atoms with van der Waals surface area (Å²) in [4.78, 5) is 0. The Kier molecular flexibility index (Phi) is 4.43. The molecule has 100 valence electrons. The lowest BCUT2D eigenvalue weighted by molar-refractivity contribution is 0.475. The van der Waals surface area contributed by atoms with E-state index in [0.29, 0.717) is 4.47 Å². The van der Waals surface area contributed by atoms with Crippen LogP contribution in [0.5, 0.6) is 5.75 Å². The molecule has 0 aliphatic carbocycles. The fourth-order valence-corrected chi connectivity index (χ4v) is 2.39. The molecule has 0 fully saturated rings. The molecule has 0 aliphatic heterocycles. The third-order valence-electron chi connectivity index (χ3n) is 2.96. The first-order valence-corrected chi connectivity index (χ1v) is 6.90. The van der Waals surface area contributed by atoms with Gasteiger partial charge in [-0.2, -0.15) is 0 Å². The zero-order valence-corrected chi connectivity index (χ0v) is 12.1. The number of phenolic OH excluding ortho intramolecular Hbond substituents is 1. The molecular weight excluding hydrogens is 309 g/mol. The van der Waals surface area contributed by atoms with E-state index in [0.717, 1.165) is 17.7 Å². The maximum absolute atomic E-state index is 13.0. The van der Waals surface area contributed by atoms with Gasteiger partial charge in [-0.15, -0.1) is 0 Å². The van der Waals surface area contributed by atoms with Crippen molar-refractivity contribution in [3.63, 3.8) is 0 Å². The lowest BCUT2D eigenvalue weighted by atomic mass is 10.0. The van der Waals surface area contributed by atoms with Crippen molar-refractivity contribution in [3.8, 4) is 5.75 Å². The Morgan fingerprint density at radius 3 is 2.47 bits per heavy atom. The number of hydrogen-bond donors (Lipinski definition) is 2. The van der Waals surface area contributed by atoms with Crippen molar-refractivity contribution in [1.29, 1.82) is 0 Å². The van der Waals surface area contributed by atoms with Gasteiger partial charge in [0.05, 0.1) is 6.04 Å². The SMILES string of the molecule is CCC(Nc1ccc(F)cc1Br)c1ccc(O)cc1. The molecule has 0 spiro atoms. The first kappa shape index (κ1) is 13.9. The Balaban J connectivity index is 2.21. The average Bonchev–Trinajstić information content (AvgIpc) is 2.39. The van der Waals surface area contributed by atoms with Crippen LogP contribution in [0.1, 0.15) is 24.9 Å². The summed E-state index contributed by atoms with van der Waals surface area (Å²) in [6.07, 6.45) is 0.884. The molecular formula is C15H15BrFNO. The molecule has 2 aromatic carbocycles. The summed E-state index contributed by atoms with van der Waals surface area (Å²) >= 11 is 3.35. The predicted octanol–water partition coefficient (Wildman–Crippen LogP) is 4.86. The van der Waals surface area contributed by atoms with Crippen LogP contribution in [0, 0.1) is 5.82 Å². The molecule has 2 aromatic rings. The summed E-state index contributed by atoms with van der Waals surface area (Å²) in [5, 5.41) is 12.7. The van der Waals surface area contributed by atoms with Gasteiger partial charge in [0.15, 0.2) is 0 Å². The number of hydrogen-bond acceptors (Lipinski definition) is 2. The van der Waals surface area contributed by atoms with Crippen LogP contribution in [0.3, 0.4) is 0 Å². The quantitative estimate of drug-likeness (QED) is 0.842. The highest BCUT2D eigenvalue weighted by atomic mass is 79.9. The first-order chi connectivity index (χ1) is 9.10. The third kappa shape index (κ3) is 3.47. The lowest BCUT2D eigenvalue weighted by Gasteiger charge is -2.20. The minimum Gasteiger partial charge on any atom is -0.508 e. The standard InChI is InChI=1S/C15H15BrFNO/c1-2-14(10-3-6-12(19)7-4-10)18-15-8-5-11(17)9-13(15)16/h3-9,14,18-19H,2H2,1H3. The Morgan fingerprint density at radius 2 is 1.89 bits per heavy atom. The van der Waals surface area contributed by atoms with Gasteiger partial charge < -0.3 is 10.4 Å². The average molecular weight is 324 g/mol. The van der Waals surface area contributed by atoms with Gasteiger partial charge in [-0.05, 0) is 58.2 Å². The van der Waals surface area contributed by atoms with E-state index in [4.69, 9.17) is 0 Å². The van der Waals surface area contributed by atoms with Crippen LogP contribution in [0.4, 0.5) is 10.1 Å². The number of nitrogens with one attached hydrogen (secondary N) is 1. The number of aromatic hydroxyl groups is 1. The fourth-order valence-electron chi connectivity index (χ4n) is 1.92. The van der Waals surface area contributed by atoms with Crippen molar-refractivity contribution >= 4 is 21.6 Å². The molecule has 1 atom stereocenters. The van der Waals surface area contributed by atoms with Gasteiger partial charge in [0, 0.05) is 10.2 Å². The molecule has 0 bridgehead atoms. The molecule has 0 saturated carbocycles. The molecule has 2 N–H and O–H groups in total. The Labute approximate surface area is 120 Å². The Morgan fingerprint density at radius 1 is 1.21 bits per heavy atom. The fraction of sp³-hybridized carbons (Fsp3) is 0.200. The molecule has 19 heavy (non-hydrogen) atoms. The number of halogens is 2. The van der Waals surface area contributed by atoms with Crippen LogP contribution in [-0.2, 0) is 0 Å². The molecule has 0 amide bonds. The highest BCUT2D eigenvalue weighted by Crippen LogP contribution is 2.29. The summed E-state index contributed by atoms with van der Waals surface area (Å²) in [6, 6.07) is 11.8. The van der Waals surface area contributed by atoms with Crippen LogP contribution in [-0.4, -0.2) is 5.11 Å². The minimum atomic E-state index is -0.268. The van der Waals surface area contributed by atoms with E-state index in [2.05, 4.69) is 28.2 Å². The van der Waals surface area contributed by atoms with Gasteiger partial charge in [-0.1, -0.05) is 19.1 Å². The van der Waals surface area contributed by atoms with Gasteiger partial charge in [0.25, 0.3) is 0 Å². The largest absolute Gasteiger partial charge is 0.508 e. The Hall–Kier alpha value is -1.55. The van der Waals surface area contributed by atoms with Crippen molar-refractivity contribution in [2.75, 3.05) is 5.32 Å². The van der Waals surface area contributed by atoms with Crippen molar-refractivity contribution < 1.29 is 9.50 Å². The molecule has 4 heteroatoms. The first-order valence-electron chi connectivity index (χ1n) is 6.10. The van der Waals surface area contributed by atoms with Crippen molar-refractivity contribution in [3.05, 3.63) is 58.3 Å². The summed E-state index contributed by atoms with van der Waals surface area (Å²) in [5.74, 6) is -0.0170. The zero-order chi connectivity index (χ0) is 13.8. The number of anilines is 1. The molecule has 0 radical (unpaired) electrons. The molecule has 0 heterocycles. The van der Waals surface area contributed by atoms with Crippen LogP contribution in [0.25, 0.3) is 0 Å². The topological polar surface area (TPSA) is 32.3 Å². The van der Waals surface area contributed by atoms with E-state index in [1.165, 1.54) is 12.1 Å². The number of phenols is 1. The molecule has 0 saturated heterocycles. The van der Waals surface area contributed by atoms with Gasteiger partial charge in [-0.25, -0.2) is 4.39 Å². The summed E-state index contributed by atoms with van der Waals surface area (Å²) < 4.78 is 13.7. The second-order valence-corrected chi connectivity index (χ2v) is 5.18. The van der Waals surface area contributed by atoms with E-state index in [-0.39, 0.29) is 17.6 Å². The maximum Gasteiger partial charge on any atom is 0.124 e. The van der Waals surface area contributed by atoms with E-state index in [1.807, 2.05) is 12.1 Å². The van der Waals surface area contributed by atoms with Gasteiger partial charge in [-0.3, -0.25) is 0 Å². The van der Waals surface area contributed by atoms with Gasteiger partial charge >= 0.3 is 0 Å². The molecule has 1 unspecified atom stereocenters. The summed E-state index contributed by atoms with van der Waals surface area (Å²) in [5.41, 5.74) is 1.93. The van der Waals surface area contributed by atoms with E-state index in [1.54, 1.807) is 18.2 Å². The lowest BCUT2D eigenvalue weighted by Crippen LogP contribution is -2.10. The summed E-state index contributed by atoms with van der Waals surface area (Å²) in [6.45, 7) is 2.07. The van der Waals surface area contributed by atoms with E-state index >= 15 is 0 Å². The third-order valence-corrected chi connectivity index (χ3v) is 3.62. The van der Waals surface area contributed by atoms with Crippen LogP contribution in [0.2, 0.25) is 0 Å². The Bertz CT molecular complexity index is 557. The smallest absolute Gasteiger partial charge is 0.124 e. The van der Waals surface area contributed by atoms with Gasteiger partial charge in [0.1, 0.15) is 11.6 Å². The highest BCUT2D eigenvalue weighted by molar-refractivity contribution is 9.10. The normalized spacial score (nSPS) is 12.2. The minimum absolute atomic E-state index is 0.113. The monoisotopic (exact) mass is 323 g/mol. The molecule has 0 aromatic heterocycles. The van der Waals surface area contributed by atoms with Crippen molar-refractivity contribution in [1.82, 2.24) is 0 Å². The van der Waals surface area contributed by atoms with Crippen LogP contribution < -0.4 is 5.32 Å². The van der Waals surface area contributed by atoms with E-state index in [9.17, 15) is 9.50 Å². The predicted molar refractivity (Wildman–Crippen MR) is 78.9 cm³/mol. The number of benzene rings is 2. The van der Waals surface area contributed by atoms with E-state index < -0.39 is 0 Å². The highest BCUT2D eigenvalue weighted by Gasteiger charge is 2.11. The van der Waals surface area contributed by atoms with Crippen molar-refractivity contribution in [2.24, 2.45) is 0 Å². The van der Waals surface area contributed by atoms with Crippen molar-refractivity contribution in [2.45, 2.75) is 19.4 Å². The van der Waals surface area contributed by atoms with Gasteiger partial charge in [0.2, 0.25) is 0 Å². The summed E-state index contributed by atoms with van der Waals surface area (Å²) in [7, 11) is 0. The second kappa shape index (κ2) is 6.06. The molecule has 0 aliphatic rings. The molecule has 2 nitrogen and oxygen atoms in total. The number of rotatable bonds is 4.